The summed E-state index contributed by atoms with van der Waals surface area (Å²) in [5, 5.41) is 15.5. The van der Waals surface area contributed by atoms with Gasteiger partial charge in [-0.05, 0) is 37.0 Å². The molecule has 0 amide bonds. The highest BCUT2D eigenvalue weighted by molar-refractivity contribution is 8.02. The molecule has 7 nitrogen and oxygen atoms in total. The molecule has 2 heterocycles. The van der Waals surface area contributed by atoms with E-state index >= 15 is 0 Å². The van der Waals surface area contributed by atoms with E-state index in [1.165, 1.54) is 17.8 Å². The predicted molar refractivity (Wildman–Crippen MR) is 111 cm³/mol. The molecule has 3 rings (SSSR count). The van der Waals surface area contributed by atoms with Crippen molar-refractivity contribution < 1.29 is 9.41 Å². The van der Waals surface area contributed by atoms with Gasteiger partial charge in [-0.15, -0.1) is 0 Å². The Morgan fingerprint density at radius 2 is 2.07 bits per heavy atom. The van der Waals surface area contributed by atoms with E-state index in [-0.39, 0.29) is 16.5 Å². The maximum Gasteiger partial charge on any atom is 0.270 e. The number of rotatable bonds is 8. The number of hydrogen-bond acceptors (Lipinski definition) is 6. The third kappa shape index (κ3) is 4.30. The lowest BCUT2D eigenvalue weighted by molar-refractivity contribution is -0.802. The number of non-ortho nitro benzene ring substituents is 1. The minimum Gasteiger partial charge on any atom is -0.273 e. The molecule has 2 aromatic rings. The van der Waals surface area contributed by atoms with Gasteiger partial charge in [-0.2, -0.15) is 0 Å². The average molecular weight is 399 g/mol. The van der Waals surface area contributed by atoms with Crippen LogP contribution in [0.25, 0.3) is 0 Å². The lowest BCUT2D eigenvalue weighted by atomic mass is 10.1. The van der Waals surface area contributed by atoms with Crippen LogP contribution in [0.4, 0.5) is 5.69 Å². The van der Waals surface area contributed by atoms with E-state index in [0.717, 1.165) is 21.3 Å². The van der Waals surface area contributed by atoms with E-state index in [2.05, 4.69) is 24.1 Å². The summed E-state index contributed by atoms with van der Waals surface area (Å²) in [4.78, 5) is 20.9. The fourth-order valence-electron chi connectivity index (χ4n) is 3.16. The van der Waals surface area contributed by atoms with Gasteiger partial charge < -0.3 is 0 Å². The molecule has 1 aliphatic heterocycles. The lowest BCUT2D eigenvalue weighted by Gasteiger charge is -2.32. The first-order valence-electron chi connectivity index (χ1n) is 9.09. The van der Waals surface area contributed by atoms with Gasteiger partial charge in [0.15, 0.2) is 6.34 Å². The van der Waals surface area contributed by atoms with Gasteiger partial charge >= 0.3 is 0 Å². The maximum absolute atomic E-state index is 11.2. The molecule has 0 aliphatic carbocycles. The fraction of sp³-hybridized carbons (Fsp3) is 0.300. The standard InChI is InChI=1S/C20H24N5O2S/c1-15(2)19-20(28-18-9-6-8-17(11-18)24(26)27)25(13-21-3,14-23-19)12-16-7-4-5-10-22-16/h4-11,14-15,21H,12-13H2,1-3H3/q+1. The molecule has 0 radical (unpaired) electrons. The van der Waals surface area contributed by atoms with Crippen LogP contribution >= 0.6 is 11.8 Å². The van der Waals surface area contributed by atoms with Crippen LogP contribution in [0.15, 0.2) is 69.3 Å². The van der Waals surface area contributed by atoms with Gasteiger partial charge in [-0.1, -0.05) is 26.0 Å². The molecule has 1 unspecified atom stereocenters. The molecule has 1 aliphatic rings. The van der Waals surface area contributed by atoms with E-state index in [1.807, 2.05) is 37.7 Å². The average Bonchev–Trinajstić information content (AvgIpc) is 3.01. The number of hydrogen-bond donors (Lipinski definition) is 1. The van der Waals surface area contributed by atoms with E-state index in [0.29, 0.717) is 17.7 Å². The first kappa shape index (κ1) is 20.2. The predicted octanol–water partition coefficient (Wildman–Crippen LogP) is 4.14. The molecule has 0 bridgehead atoms. The number of allylic oxidation sites excluding steroid dienone is 1. The van der Waals surface area contributed by atoms with Crippen LogP contribution in [0.1, 0.15) is 19.5 Å². The Morgan fingerprint density at radius 1 is 1.25 bits per heavy atom. The summed E-state index contributed by atoms with van der Waals surface area (Å²) in [5.41, 5.74) is 2.06. The van der Waals surface area contributed by atoms with Crippen molar-refractivity contribution in [1.29, 1.82) is 0 Å². The Labute approximate surface area is 168 Å². The zero-order valence-corrected chi connectivity index (χ0v) is 17.0. The van der Waals surface area contributed by atoms with Gasteiger partial charge in [0, 0.05) is 29.1 Å². The number of nitro benzene ring substituents is 1. The smallest absolute Gasteiger partial charge is 0.270 e. The number of nitrogens with zero attached hydrogens (tertiary/aromatic N) is 4. The number of nitrogens with one attached hydrogen (secondary N) is 1. The zero-order chi connectivity index (χ0) is 20.1. The molecule has 0 spiro atoms. The van der Waals surface area contributed by atoms with Crippen molar-refractivity contribution in [2.45, 2.75) is 25.3 Å². The van der Waals surface area contributed by atoms with Crippen molar-refractivity contribution in [1.82, 2.24) is 10.3 Å². The summed E-state index contributed by atoms with van der Waals surface area (Å²) < 4.78 is 0.481. The van der Waals surface area contributed by atoms with E-state index in [9.17, 15) is 10.1 Å². The quantitative estimate of drug-likeness (QED) is 0.411. The summed E-state index contributed by atoms with van der Waals surface area (Å²) in [6.07, 6.45) is 3.75. The number of benzene rings is 1. The summed E-state index contributed by atoms with van der Waals surface area (Å²) in [6.45, 7) is 5.52. The molecule has 1 aromatic carbocycles. The SMILES string of the molecule is CNC[N+]1(Cc2ccccn2)C=NC(C(C)C)=C1Sc1cccc([N+](=O)[O-])c1. The van der Waals surface area contributed by atoms with Crippen LogP contribution in [-0.4, -0.2) is 34.4 Å². The van der Waals surface area contributed by atoms with Crippen molar-refractivity contribution >= 4 is 23.8 Å². The van der Waals surface area contributed by atoms with Crippen molar-refractivity contribution in [2.24, 2.45) is 10.9 Å². The van der Waals surface area contributed by atoms with Crippen molar-refractivity contribution in [3.8, 4) is 0 Å². The lowest BCUT2D eigenvalue weighted by Crippen LogP contribution is -2.48. The summed E-state index contributed by atoms with van der Waals surface area (Å²) in [5.74, 6) is 0.234. The first-order valence-corrected chi connectivity index (χ1v) is 9.90. The Hall–Kier alpha value is -2.55. The minimum absolute atomic E-state index is 0.0899. The van der Waals surface area contributed by atoms with Crippen molar-refractivity contribution in [2.75, 3.05) is 13.7 Å². The highest BCUT2D eigenvalue weighted by Gasteiger charge is 2.40. The van der Waals surface area contributed by atoms with E-state index in [4.69, 9.17) is 4.99 Å². The molecular weight excluding hydrogens is 374 g/mol. The number of aliphatic imine (C=N–C) groups is 1. The van der Waals surface area contributed by atoms with Crippen LogP contribution in [0.2, 0.25) is 0 Å². The van der Waals surface area contributed by atoms with Crippen LogP contribution in [0.3, 0.4) is 0 Å². The number of thioether (sulfide) groups is 1. The van der Waals surface area contributed by atoms with Gasteiger partial charge in [0.25, 0.3) is 5.69 Å². The van der Waals surface area contributed by atoms with Gasteiger partial charge in [0.1, 0.15) is 18.9 Å². The topological polar surface area (TPSA) is 80.4 Å². The minimum atomic E-state index is -0.365. The Morgan fingerprint density at radius 3 is 2.71 bits per heavy atom. The van der Waals surface area contributed by atoms with Crippen molar-refractivity contribution in [3.63, 3.8) is 0 Å². The summed E-state index contributed by atoms with van der Waals surface area (Å²) in [6, 6.07) is 12.6. The van der Waals surface area contributed by atoms with Gasteiger partial charge in [-0.3, -0.25) is 20.4 Å². The molecule has 146 valence electrons. The number of quaternary nitrogens is 1. The van der Waals surface area contributed by atoms with Crippen LogP contribution in [0, 0.1) is 16.0 Å². The second-order valence-electron chi connectivity index (χ2n) is 6.97. The van der Waals surface area contributed by atoms with E-state index in [1.54, 1.807) is 18.3 Å². The molecule has 8 heteroatoms. The zero-order valence-electron chi connectivity index (χ0n) is 16.2. The highest BCUT2D eigenvalue weighted by Crippen LogP contribution is 2.42. The second kappa shape index (κ2) is 8.64. The van der Waals surface area contributed by atoms with Crippen molar-refractivity contribution in [3.05, 3.63) is 75.2 Å². The first-order chi connectivity index (χ1) is 13.4. The molecule has 0 fully saturated rings. The summed E-state index contributed by atoms with van der Waals surface area (Å²) in [7, 11) is 1.91. The largest absolute Gasteiger partial charge is 0.273 e. The maximum atomic E-state index is 11.2. The van der Waals surface area contributed by atoms with E-state index < -0.39 is 0 Å². The molecule has 1 aromatic heterocycles. The third-order valence-electron chi connectivity index (χ3n) is 4.44. The van der Waals surface area contributed by atoms with Gasteiger partial charge in [0.05, 0.1) is 10.6 Å². The molecule has 28 heavy (non-hydrogen) atoms. The Bertz CT molecular complexity index is 914. The number of aromatic nitrogens is 1. The van der Waals surface area contributed by atoms with Crippen LogP contribution in [-0.2, 0) is 6.54 Å². The molecule has 0 saturated carbocycles. The Kier molecular flexibility index (Phi) is 6.23. The number of nitro groups is 1. The number of pyridine rings is 1. The van der Waals surface area contributed by atoms with Crippen LogP contribution in [0.5, 0.6) is 0 Å². The fourth-order valence-corrected chi connectivity index (χ4v) is 4.46. The molecule has 1 N–H and O–H groups in total. The Balaban J connectivity index is 2.02. The monoisotopic (exact) mass is 398 g/mol. The normalized spacial score (nSPS) is 18.9. The second-order valence-corrected chi connectivity index (χ2v) is 8.03. The summed E-state index contributed by atoms with van der Waals surface area (Å²) >= 11 is 1.54. The van der Waals surface area contributed by atoms with Gasteiger partial charge in [0.2, 0.25) is 5.03 Å². The third-order valence-corrected chi connectivity index (χ3v) is 5.70. The van der Waals surface area contributed by atoms with Crippen LogP contribution < -0.4 is 5.32 Å². The molecule has 0 saturated heterocycles. The van der Waals surface area contributed by atoms with Gasteiger partial charge in [-0.25, -0.2) is 9.48 Å². The highest BCUT2D eigenvalue weighted by atomic mass is 32.2. The molecular formula is C20H24N5O2S+. The molecule has 1 atom stereocenters.